The minimum absolute atomic E-state index is 0.122. The third kappa shape index (κ3) is 4.51. The molecule has 0 spiro atoms. The number of carbonyl (C=O) groups is 1. The van der Waals surface area contributed by atoms with Gasteiger partial charge in [0.15, 0.2) is 11.6 Å². The van der Waals surface area contributed by atoms with Gasteiger partial charge >= 0.3 is 0 Å². The second-order valence-corrected chi connectivity index (χ2v) is 8.15. The predicted molar refractivity (Wildman–Crippen MR) is 114 cm³/mol. The van der Waals surface area contributed by atoms with Crippen LogP contribution >= 0.6 is 0 Å². The molecule has 1 atom stereocenters. The Hall–Kier alpha value is -3.06. The molecule has 0 fully saturated rings. The van der Waals surface area contributed by atoms with Gasteiger partial charge in [-0.25, -0.2) is 13.8 Å². The number of benzene rings is 2. The number of fused-ring (bicyclic) bond motifs is 1. The van der Waals surface area contributed by atoms with Crippen LogP contribution in [0.4, 0.5) is 8.78 Å². The number of amides is 1. The third-order valence-electron chi connectivity index (χ3n) is 5.66. The minimum atomic E-state index is -0.921. The molecule has 2 heterocycles. The lowest BCUT2D eigenvalue weighted by molar-refractivity contribution is -0.127. The first-order valence-corrected chi connectivity index (χ1v) is 10.5. The largest absolute Gasteiger partial charge is 0.350 e. The molecule has 1 aliphatic rings. The number of hydrogen-bond acceptors (Lipinski definition) is 3. The normalized spacial score (nSPS) is 16.4. The van der Waals surface area contributed by atoms with Crippen LogP contribution in [0.3, 0.4) is 0 Å². The zero-order valence-corrected chi connectivity index (χ0v) is 17.7. The maximum absolute atomic E-state index is 13.6. The van der Waals surface area contributed by atoms with Crippen LogP contribution in [0.5, 0.6) is 0 Å². The van der Waals surface area contributed by atoms with Crippen molar-refractivity contribution in [2.45, 2.75) is 45.4 Å². The van der Waals surface area contributed by atoms with E-state index >= 15 is 0 Å². The van der Waals surface area contributed by atoms with Crippen LogP contribution in [0.2, 0.25) is 0 Å². The maximum atomic E-state index is 13.6. The first kappa shape index (κ1) is 21.2. The fraction of sp³-hybridized carbons (Fsp3) is 0.333. The van der Waals surface area contributed by atoms with Crippen molar-refractivity contribution in [3.63, 3.8) is 0 Å². The molecule has 162 valence electrons. The summed E-state index contributed by atoms with van der Waals surface area (Å²) in [6, 6.07) is 13.4. The number of rotatable bonds is 6. The molecule has 7 heteroatoms. The van der Waals surface area contributed by atoms with E-state index in [9.17, 15) is 13.6 Å². The first-order chi connectivity index (χ1) is 14.9. The molecule has 31 heavy (non-hydrogen) atoms. The van der Waals surface area contributed by atoms with Gasteiger partial charge in [0.05, 0.1) is 17.7 Å². The van der Waals surface area contributed by atoms with Gasteiger partial charge in [-0.05, 0) is 37.1 Å². The van der Waals surface area contributed by atoms with Crippen molar-refractivity contribution >= 4 is 5.91 Å². The number of halogens is 2. The Balaban J connectivity index is 1.61. The summed E-state index contributed by atoms with van der Waals surface area (Å²) >= 11 is 0. The molecule has 1 aliphatic heterocycles. The fourth-order valence-electron chi connectivity index (χ4n) is 4.08. The number of carbonyl (C=O) groups excluding carboxylic acids is 1. The molecule has 0 bridgehead atoms. The molecular weight excluding hydrogens is 398 g/mol. The topological polar surface area (TPSA) is 50.2 Å². The molecular formula is C24H26F2N4O. The molecule has 0 saturated carbocycles. The van der Waals surface area contributed by atoms with Gasteiger partial charge < -0.3 is 9.88 Å². The Morgan fingerprint density at radius 3 is 2.61 bits per heavy atom. The molecule has 4 rings (SSSR count). The molecule has 0 aliphatic carbocycles. The number of hydrogen-bond donors (Lipinski definition) is 1. The average molecular weight is 424 g/mol. The number of nitrogens with zero attached hydrogens (tertiary/aromatic N) is 3. The van der Waals surface area contributed by atoms with Crippen molar-refractivity contribution in [1.29, 1.82) is 0 Å². The summed E-state index contributed by atoms with van der Waals surface area (Å²) in [6.07, 6.45) is 2.58. The fourth-order valence-corrected chi connectivity index (χ4v) is 4.08. The predicted octanol–water partition coefficient (Wildman–Crippen LogP) is 4.16. The van der Waals surface area contributed by atoms with E-state index in [-0.39, 0.29) is 18.5 Å². The number of nitrogens with one attached hydrogen (secondary N) is 1. The van der Waals surface area contributed by atoms with E-state index in [0.717, 1.165) is 35.5 Å². The quantitative estimate of drug-likeness (QED) is 0.647. The van der Waals surface area contributed by atoms with E-state index in [1.54, 1.807) is 6.33 Å². The summed E-state index contributed by atoms with van der Waals surface area (Å²) in [7, 11) is 0. The van der Waals surface area contributed by atoms with E-state index in [0.29, 0.717) is 18.7 Å². The summed E-state index contributed by atoms with van der Waals surface area (Å²) in [4.78, 5) is 20.1. The first-order valence-electron chi connectivity index (χ1n) is 10.5. The molecule has 1 N–H and O–H groups in total. The lowest BCUT2D eigenvalue weighted by atomic mass is 9.99. The van der Waals surface area contributed by atoms with Crippen LogP contribution in [0.25, 0.3) is 0 Å². The van der Waals surface area contributed by atoms with Crippen LogP contribution < -0.4 is 5.32 Å². The van der Waals surface area contributed by atoms with E-state index in [4.69, 9.17) is 0 Å². The lowest BCUT2D eigenvalue weighted by Crippen LogP contribution is -2.45. The molecule has 1 aromatic heterocycles. The van der Waals surface area contributed by atoms with E-state index in [1.807, 2.05) is 34.9 Å². The number of aromatic nitrogens is 2. The van der Waals surface area contributed by atoms with Crippen LogP contribution in [-0.2, 0) is 24.3 Å². The zero-order valence-electron chi connectivity index (χ0n) is 17.7. The number of imidazole rings is 1. The molecule has 1 amide bonds. The standard InChI is InChI=1S/C24H26F2N4O/c1-16(2)30-15-28-21-10-11-29(14-17-6-4-3-5-7-17)23(22(21)30)24(31)27-13-18-8-9-19(25)20(26)12-18/h3-9,12,15-16,23H,10-11,13-14H2,1-2H3,(H,27,31)/t23-/m0/s1. The second-order valence-electron chi connectivity index (χ2n) is 8.15. The van der Waals surface area contributed by atoms with Crippen molar-refractivity contribution < 1.29 is 13.6 Å². The van der Waals surface area contributed by atoms with E-state index < -0.39 is 17.7 Å². The SMILES string of the molecule is CC(C)n1cnc2c1[C@@H](C(=O)NCc1ccc(F)c(F)c1)N(Cc1ccccc1)CC2. The lowest BCUT2D eigenvalue weighted by Gasteiger charge is -2.36. The van der Waals surface area contributed by atoms with Crippen LogP contribution in [0, 0.1) is 11.6 Å². The highest BCUT2D eigenvalue weighted by molar-refractivity contribution is 5.83. The average Bonchev–Trinajstić information content (AvgIpc) is 3.19. The van der Waals surface area contributed by atoms with Gasteiger partial charge in [0.2, 0.25) is 5.91 Å². The molecule has 0 saturated heterocycles. The minimum Gasteiger partial charge on any atom is -0.350 e. The highest BCUT2D eigenvalue weighted by Crippen LogP contribution is 2.32. The summed E-state index contributed by atoms with van der Waals surface area (Å²) in [5.41, 5.74) is 3.47. The monoisotopic (exact) mass is 424 g/mol. The summed E-state index contributed by atoms with van der Waals surface area (Å²) in [6.45, 7) is 5.59. The summed E-state index contributed by atoms with van der Waals surface area (Å²) in [5.74, 6) is -2.00. The Morgan fingerprint density at radius 2 is 1.90 bits per heavy atom. The van der Waals surface area contributed by atoms with Crippen molar-refractivity contribution in [2.24, 2.45) is 0 Å². The van der Waals surface area contributed by atoms with Gasteiger partial charge in [-0.2, -0.15) is 0 Å². The molecule has 0 radical (unpaired) electrons. The van der Waals surface area contributed by atoms with Gasteiger partial charge in [-0.1, -0.05) is 36.4 Å². The Labute approximate surface area is 180 Å². The van der Waals surface area contributed by atoms with Crippen molar-refractivity contribution in [3.05, 3.63) is 89.0 Å². The van der Waals surface area contributed by atoms with Gasteiger partial charge in [0, 0.05) is 32.1 Å². The molecule has 5 nitrogen and oxygen atoms in total. The molecule has 2 aromatic carbocycles. The van der Waals surface area contributed by atoms with E-state index in [2.05, 4.69) is 29.0 Å². The highest BCUT2D eigenvalue weighted by Gasteiger charge is 2.36. The third-order valence-corrected chi connectivity index (χ3v) is 5.66. The Bertz CT molecular complexity index is 1060. The summed E-state index contributed by atoms with van der Waals surface area (Å²) in [5, 5.41) is 2.92. The van der Waals surface area contributed by atoms with Crippen LogP contribution in [0.1, 0.15) is 48.4 Å². The molecule has 0 unspecified atom stereocenters. The molecule has 3 aromatic rings. The van der Waals surface area contributed by atoms with E-state index in [1.165, 1.54) is 6.07 Å². The van der Waals surface area contributed by atoms with Crippen molar-refractivity contribution in [2.75, 3.05) is 6.54 Å². The van der Waals surface area contributed by atoms with Crippen molar-refractivity contribution in [3.8, 4) is 0 Å². The van der Waals surface area contributed by atoms with Gasteiger partial charge in [-0.15, -0.1) is 0 Å². The van der Waals surface area contributed by atoms with Crippen molar-refractivity contribution in [1.82, 2.24) is 19.8 Å². The summed E-state index contributed by atoms with van der Waals surface area (Å²) < 4.78 is 28.8. The maximum Gasteiger partial charge on any atom is 0.243 e. The smallest absolute Gasteiger partial charge is 0.243 e. The zero-order chi connectivity index (χ0) is 22.0. The second kappa shape index (κ2) is 8.98. The Kier molecular flexibility index (Phi) is 6.13. The van der Waals surface area contributed by atoms with Crippen LogP contribution in [0.15, 0.2) is 54.9 Å². The van der Waals surface area contributed by atoms with Gasteiger partial charge in [0.1, 0.15) is 6.04 Å². The Morgan fingerprint density at radius 1 is 1.13 bits per heavy atom. The highest BCUT2D eigenvalue weighted by atomic mass is 19.2. The van der Waals surface area contributed by atoms with Crippen LogP contribution in [-0.4, -0.2) is 26.9 Å². The van der Waals surface area contributed by atoms with Gasteiger partial charge in [-0.3, -0.25) is 9.69 Å². The van der Waals surface area contributed by atoms with Gasteiger partial charge in [0.25, 0.3) is 0 Å².